The van der Waals surface area contributed by atoms with Crippen LogP contribution < -0.4 is 0 Å². The Balaban J connectivity index is 1.66. The largest absolute Gasteiger partial charge is 0.420 e. The highest BCUT2D eigenvalue weighted by Gasteiger charge is 2.34. The van der Waals surface area contributed by atoms with Gasteiger partial charge in [0.05, 0.1) is 23.8 Å². The molecule has 0 N–H and O–H groups in total. The molecule has 0 aliphatic carbocycles. The highest BCUT2D eigenvalue weighted by Crippen LogP contribution is 2.40. The Hall–Kier alpha value is -2.54. The first-order valence-corrected chi connectivity index (χ1v) is 8.08. The Morgan fingerprint density at radius 1 is 1.29 bits per heavy atom. The van der Waals surface area contributed by atoms with Crippen molar-refractivity contribution in [3.63, 3.8) is 0 Å². The van der Waals surface area contributed by atoms with Crippen molar-refractivity contribution in [2.75, 3.05) is 6.61 Å². The average molecular weight is 325 g/mol. The molecule has 2 atom stereocenters. The number of nitrogens with zero attached hydrogens (tertiary/aromatic N) is 5. The van der Waals surface area contributed by atoms with Crippen molar-refractivity contribution in [2.45, 2.75) is 31.8 Å². The Morgan fingerprint density at radius 3 is 3.00 bits per heavy atom. The Labute approximate surface area is 139 Å². The van der Waals surface area contributed by atoms with Gasteiger partial charge < -0.3 is 9.15 Å². The first-order chi connectivity index (χ1) is 11.7. The van der Waals surface area contributed by atoms with Crippen LogP contribution >= 0.6 is 0 Å². The molecular formula is C17H19N5O2. The van der Waals surface area contributed by atoms with Crippen LogP contribution in [0.2, 0.25) is 0 Å². The summed E-state index contributed by atoms with van der Waals surface area (Å²) in [6.07, 6.45) is 7.40. The number of hydrogen-bond donors (Lipinski definition) is 0. The summed E-state index contributed by atoms with van der Waals surface area (Å²) < 4.78 is 13.7. The summed E-state index contributed by atoms with van der Waals surface area (Å²) >= 11 is 0. The first kappa shape index (κ1) is 15.0. The minimum absolute atomic E-state index is 0.0428. The van der Waals surface area contributed by atoms with Crippen molar-refractivity contribution in [1.29, 1.82) is 0 Å². The molecule has 4 rings (SSSR count). The van der Waals surface area contributed by atoms with Crippen LogP contribution in [0, 0.1) is 6.92 Å². The van der Waals surface area contributed by atoms with E-state index in [9.17, 15) is 0 Å². The number of pyridine rings is 1. The molecule has 0 amide bonds. The molecule has 0 aromatic carbocycles. The lowest BCUT2D eigenvalue weighted by Crippen LogP contribution is -2.21. The lowest BCUT2D eigenvalue weighted by Gasteiger charge is -2.28. The second kappa shape index (κ2) is 6.16. The third kappa shape index (κ3) is 2.71. The van der Waals surface area contributed by atoms with E-state index >= 15 is 0 Å². The molecule has 1 aliphatic heterocycles. The summed E-state index contributed by atoms with van der Waals surface area (Å²) in [5.74, 6) is 1.16. The maximum Gasteiger partial charge on any atom is 0.249 e. The molecule has 3 aromatic heterocycles. The normalized spacial score (nSPS) is 21.1. The van der Waals surface area contributed by atoms with Crippen LogP contribution in [0.15, 0.2) is 35.1 Å². The molecule has 4 heterocycles. The van der Waals surface area contributed by atoms with Gasteiger partial charge >= 0.3 is 0 Å². The van der Waals surface area contributed by atoms with Gasteiger partial charge in [0.1, 0.15) is 0 Å². The van der Waals surface area contributed by atoms with Crippen molar-refractivity contribution in [3.8, 4) is 11.5 Å². The molecule has 3 aromatic rings. The molecule has 124 valence electrons. The van der Waals surface area contributed by atoms with Crippen LogP contribution in [0.1, 0.15) is 42.0 Å². The van der Waals surface area contributed by atoms with Crippen molar-refractivity contribution in [2.24, 2.45) is 7.05 Å². The summed E-state index contributed by atoms with van der Waals surface area (Å²) in [5, 5.41) is 12.8. The SMILES string of the molecule is Cc1ncccc1-c1nnc([C@@H]2CCCO[C@H]2c2cnn(C)c2)o1. The number of aryl methyl sites for hydroxylation is 2. The van der Waals surface area contributed by atoms with E-state index in [4.69, 9.17) is 9.15 Å². The van der Waals surface area contributed by atoms with Crippen LogP contribution in [-0.2, 0) is 11.8 Å². The minimum Gasteiger partial charge on any atom is -0.420 e. The van der Waals surface area contributed by atoms with Crippen LogP contribution in [0.4, 0.5) is 0 Å². The van der Waals surface area contributed by atoms with Crippen molar-refractivity contribution in [3.05, 3.63) is 47.9 Å². The Kier molecular flexibility index (Phi) is 3.86. The molecule has 0 spiro atoms. The molecule has 7 heteroatoms. The molecule has 0 saturated carbocycles. The van der Waals surface area contributed by atoms with Gasteiger partial charge in [0.25, 0.3) is 0 Å². The van der Waals surface area contributed by atoms with Crippen molar-refractivity contribution in [1.82, 2.24) is 25.0 Å². The van der Waals surface area contributed by atoms with Gasteiger partial charge in [0, 0.05) is 37.3 Å². The summed E-state index contributed by atoms with van der Waals surface area (Å²) in [6, 6.07) is 3.81. The summed E-state index contributed by atoms with van der Waals surface area (Å²) in [4.78, 5) is 4.28. The zero-order chi connectivity index (χ0) is 16.5. The first-order valence-electron chi connectivity index (χ1n) is 8.08. The highest BCUT2D eigenvalue weighted by molar-refractivity contribution is 5.55. The molecule has 1 fully saturated rings. The second-order valence-electron chi connectivity index (χ2n) is 6.07. The monoisotopic (exact) mass is 325 g/mol. The predicted molar refractivity (Wildman–Crippen MR) is 86.1 cm³/mol. The molecule has 0 unspecified atom stereocenters. The van der Waals surface area contributed by atoms with E-state index < -0.39 is 0 Å². The zero-order valence-corrected chi connectivity index (χ0v) is 13.7. The quantitative estimate of drug-likeness (QED) is 0.737. The van der Waals surface area contributed by atoms with E-state index in [2.05, 4.69) is 20.3 Å². The minimum atomic E-state index is -0.101. The Bertz CT molecular complexity index is 841. The van der Waals surface area contributed by atoms with Gasteiger partial charge in [-0.25, -0.2) is 0 Å². The van der Waals surface area contributed by atoms with Crippen LogP contribution in [-0.4, -0.2) is 31.6 Å². The molecule has 0 bridgehead atoms. The number of rotatable bonds is 3. The third-order valence-corrected chi connectivity index (χ3v) is 4.37. The van der Waals surface area contributed by atoms with Gasteiger partial charge in [-0.3, -0.25) is 9.67 Å². The van der Waals surface area contributed by atoms with Crippen molar-refractivity contribution >= 4 is 0 Å². The van der Waals surface area contributed by atoms with E-state index in [1.165, 1.54) is 0 Å². The van der Waals surface area contributed by atoms with Crippen molar-refractivity contribution < 1.29 is 9.15 Å². The van der Waals surface area contributed by atoms with Crippen LogP contribution in [0.3, 0.4) is 0 Å². The zero-order valence-electron chi connectivity index (χ0n) is 13.7. The lowest BCUT2D eigenvalue weighted by molar-refractivity contribution is -0.00890. The Morgan fingerprint density at radius 2 is 2.21 bits per heavy atom. The molecular weight excluding hydrogens is 306 g/mol. The number of aromatic nitrogens is 5. The topological polar surface area (TPSA) is 78.9 Å². The maximum atomic E-state index is 5.99. The van der Waals surface area contributed by atoms with Gasteiger partial charge in [0.15, 0.2) is 0 Å². The van der Waals surface area contributed by atoms with Crippen LogP contribution in [0.25, 0.3) is 11.5 Å². The van der Waals surface area contributed by atoms with E-state index in [1.807, 2.05) is 38.5 Å². The van der Waals surface area contributed by atoms with E-state index in [-0.39, 0.29) is 12.0 Å². The van der Waals surface area contributed by atoms with Gasteiger partial charge in [-0.05, 0) is 31.9 Å². The number of hydrogen-bond acceptors (Lipinski definition) is 6. The van der Waals surface area contributed by atoms with Gasteiger partial charge in [-0.1, -0.05) is 0 Å². The highest BCUT2D eigenvalue weighted by atomic mass is 16.5. The van der Waals surface area contributed by atoms with E-state index in [0.29, 0.717) is 11.8 Å². The smallest absolute Gasteiger partial charge is 0.249 e. The van der Waals surface area contributed by atoms with Crippen LogP contribution in [0.5, 0.6) is 0 Å². The lowest BCUT2D eigenvalue weighted by atomic mass is 9.91. The van der Waals surface area contributed by atoms with E-state index in [1.54, 1.807) is 10.9 Å². The maximum absolute atomic E-state index is 5.99. The fourth-order valence-corrected chi connectivity index (χ4v) is 3.15. The predicted octanol–water partition coefficient (Wildman–Crippen LogP) is 2.81. The van der Waals surface area contributed by atoms with Gasteiger partial charge in [-0.2, -0.15) is 5.10 Å². The summed E-state index contributed by atoms with van der Waals surface area (Å²) in [6.45, 7) is 2.67. The molecule has 24 heavy (non-hydrogen) atoms. The summed E-state index contributed by atoms with van der Waals surface area (Å²) in [7, 11) is 1.90. The number of ether oxygens (including phenoxy) is 1. The third-order valence-electron chi connectivity index (χ3n) is 4.37. The average Bonchev–Trinajstić information content (AvgIpc) is 3.24. The molecule has 1 saturated heterocycles. The van der Waals surface area contributed by atoms with Gasteiger partial charge in [0.2, 0.25) is 11.8 Å². The second-order valence-corrected chi connectivity index (χ2v) is 6.07. The fourth-order valence-electron chi connectivity index (χ4n) is 3.15. The van der Waals surface area contributed by atoms with Gasteiger partial charge in [-0.15, -0.1) is 10.2 Å². The fraction of sp³-hybridized carbons (Fsp3) is 0.412. The summed E-state index contributed by atoms with van der Waals surface area (Å²) in [5.41, 5.74) is 2.78. The van der Waals surface area contributed by atoms with E-state index in [0.717, 1.165) is 36.3 Å². The standard InChI is InChI=1S/C17H19N5O2/c1-11-13(5-3-7-18-11)16-20-21-17(24-16)14-6-4-8-23-15(14)12-9-19-22(2)10-12/h3,5,7,9-10,14-15H,4,6,8H2,1-2H3/t14-,15+/m1/s1. The molecule has 7 nitrogen and oxygen atoms in total. The molecule has 0 radical (unpaired) electrons. The molecule has 1 aliphatic rings.